The van der Waals surface area contributed by atoms with E-state index in [4.69, 9.17) is 9.47 Å². The van der Waals surface area contributed by atoms with Crippen LogP contribution < -0.4 is 20.1 Å². The van der Waals surface area contributed by atoms with Gasteiger partial charge in [0.1, 0.15) is 18.1 Å². The largest absolute Gasteiger partial charge is 0.497 e. The van der Waals surface area contributed by atoms with E-state index < -0.39 is 0 Å². The number of thiazole rings is 1. The number of aliphatic imine (C=N–C) groups is 1. The normalized spacial score (nSPS) is 11.3. The lowest BCUT2D eigenvalue weighted by Crippen LogP contribution is -2.39. The highest BCUT2D eigenvalue weighted by atomic mass is 32.1. The molecular weight excluding hydrogens is 348 g/mol. The van der Waals surface area contributed by atoms with Crippen LogP contribution in [0.3, 0.4) is 0 Å². The van der Waals surface area contributed by atoms with Gasteiger partial charge in [0.25, 0.3) is 0 Å². The van der Waals surface area contributed by atoms with Crippen molar-refractivity contribution < 1.29 is 9.47 Å². The van der Waals surface area contributed by atoms with Crippen molar-refractivity contribution in [1.29, 1.82) is 0 Å². The molecule has 2 N–H and O–H groups in total. The van der Waals surface area contributed by atoms with Crippen LogP contribution in [0.5, 0.6) is 11.5 Å². The zero-order valence-electron chi connectivity index (χ0n) is 15.7. The van der Waals surface area contributed by atoms with Crippen LogP contribution in [0.4, 0.5) is 0 Å². The van der Waals surface area contributed by atoms with Gasteiger partial charge in [-0.25, -0.2) is 4.98 Å². The van der Waals surface area contributed by atoms with Gasteiger partial charge >= 0.3 is 0 Å². The third-order valence-corrected chi connectivity index (χ3v) is 4.58. The summed E-state index contributed by atoms with van der Waals surface area (Å²) in [6.45, 7) is 6.94. The molecule has 6 nitrogen and oxygen atoms in total. The number of aromatic nitrogens is 1. The van der Waals surface area contributed by atoms with Crippen LogP contribution in [-0.4, -0.2) is 44.3 Å². The van der Waals surface area contributed by atoms with Crippen molar-refractivity contribution in [3.63, 3.8) is 0 Å². The highest BCUT2D eigenvalue weighted by Gasteiger charge is 2.00. The number of benzene rings is 1. The van der Waals surface area contributed by atoms with Gasteiger partial charge in [-0.2, -0.15) is 0 Å². The minimum Gasteiger partial charge on any atom is -0.497 e. The molecule has 0 saturated carbocycles. The Morgan fingerprint density at radius 3 is 2.62 bits per heavy atom. The monoisotopic (exact) mass is 376 g/mol. The molecule has 0 bridgehead atoms. The van der Waals surface area contributed by atoms with E-state index in [9.17, 15) is 0 Å². The number of hydrogen-bond acceptors (Lipinski definition) is 5. The van der Waals surface area contributed by atoms with Crippen molar-refractivity contribution in [2.24, 2.45) is 4.99 Å². The molecule has 2 aromatic rings. The summed E-state index contributed by atoms with van der Waals surface area (Å²) in [5, 5.41) is 9.82. The lowest BCUT2D eigenvalue weighted by Gasteiger charge is -2.12. The Kier molecular flexibility index (Phi) is 8.75. The van der Waals surface area contributed by atoms with Crippen LogP contribution in [0.2, 0.25) is 0 Å². The first kappa shape index (κ1) is 20.0. The number of nitrogens with zero attached hydrogens (tertiary/aromatic N) is 2. The van der Waals surface area contributed by atoms with Crippen LogP contribution >= 0.6 is 11.3 Å². The molecule has 0 amide bonds. The number of rotatable bonds is 10. The highest BCUT2D eigenvalue weighted by Crippen LogP contribution is 2.16. The number of hydrogen-bond donors (Lipinski definition) is 2. The van der Waals surface area contributed by atoms with E-state index in [2.05, 4.69) is 32.9 Å². The Labute approximate surface area is 159 Å². The first-order valence-electron chi connectivity index (χ1n) is 8.91. The molecule has 2 rings (SSSR count). The second kappa shape index (κ2) is 11.4. The lowest BCUT2D eigenvalue weighted by atomic mass is 10.3. The molecule has 1 aromatic heterocycles. The summed E-state index contributed by atoms with van der Waals surface area (Å²) in [7, 11) is 1.65. The van der Waals surface area contributed by atoms with Crippen molar-refractivity contribution in [3.05, 3.63) is 40.3 Å². The summed E-state index contributed by atoms with van der Waals surface area (Å²) in [4.78, 5) is 9.08. The fraction of sp³-hybridized carbons (Fsp3) is 0.474. The molecule has 0 aliphatic heterocycles. The summed E-state index contributed by atoms with van der Waals surface area (Å²) >= 11 is 1.72. The van der Waals surface area contributed by atoms with Gasteiger partial charge in [-0.3, -0.25) is 4.99 Å². The minimum absolute atomic E-state index is 0.565. The van der Waals surface area contributed by atoms with Crippen LogP contribution in [0.15, 0.2) is 34.6 Å². The van der Waals surface area contributed by atoms with Crippen LogP contribution in [-0.2, 0) is 6.42 Å². The third-order valence-electron chi connectivity index (χ3n) is 3.55. The second-order valence-corrected chi connectivity index (χ2v) is 6.64. The van der Waals surface area contributed by atoms with Crippen molar-refractivity contribution in [1.82, 2.24) is 15.6 Å². The second-order valence-electron chi connectivity index (χ2n) is 5.70. The Hall–Kier alpha value is -2.28. The molecule has 0 atom stereocenters. The first-order valence-corrected chi connectivity index (χ1v) is 9.79. The fourth-order valence-electron chi connectivity index (χ4n) is 2.29. The quantitative estimate of drug-likeness (QED) is 0.379. The fourth-order valence-corrected chi connectivity index (χ4v) is 3.11. The molecule has 26 heavy (non-hydrogen) atoms. The summed E-state index contributed by atoms with van der Waals surface area (Å²) in [5.41, 5.74) is 1.10. The van der Waals surface area contributed by atoms with Crippen molar-refractivity contribution in [3.8, 4) is 11.5 Å². The van der Waals surface area contributed by atoms with E-state index in [1.165, 1.54) is 5.01 Å². The maximum absolute atomic E-state index is 5.71. The van der Waals surface area contributed by atoms with E-state index in [0.717, 1.165) is 49.1 Å². The first-order chi connectivity index (χ1) is 12.7. The van der Waals surface area contributed by atoms with E-state index >= 15 is 0 Å². The third kappa shape index (κ3) is 7.31. The zero-order chi connectivity index (χ0) is 18.6. The molecule has 0 aliphatic rings. The summed E-state index contributed by atoms with van der Waals surface area (Å²) < 4.78 is 10.8. The molecule has 0 unspecified atom stereocenters. The van der Waals surface area contributed by atoms with Gasteiger partial charge in [-0.05, 0) is 44.5 Å². The topological polar surface area (TPSA) is 67.8 Å². The molecule has 0 aliphatic carbocycles. The van der Waals surface area contributed by atoms with E-state index in [-0.39, 0.29) is 0 Å². The van der Waals surface area contributed by atoms with Gasteiger partial charge in [0.15, 0.2) is 5.96 Å². The summed E-state index contributed by atoms with van der Waals surface area (Å²) in [6.07, 6.45) is 1.97. The minimum atomic E-state index is 0.565. The standard InChI is InChI=1S/C19H28N4O2S/c1-4-20-19(21-11-5-6-18-23-15(2)14-26-18)22-12-13-25-17-9-7-16(24-3)8-10-17/h7-10,14H,4-6,11-13H2,1-3H3,(H2,20,21,22). The number of aryl methyl sites for hydroxylation is 2. The molecule has 1 aromatic carbocycles. The van der Waals surface area contributed by atoms with E-state index in [1.807, 2.05) is 31.2 Å². The number of methoxy groups -OCH3 is 1. The Morgan fingerprint density at radius 1 is 1.19 bits per heavy atom. The van der Waals surface area contributed by atoms with Crippen molar-refractivity contribution in [2.45, 2.75) is 26.7 Å². The van der Waals surface area contributed by atoms with Crippen LogP contribution in [0, 0.1) is 6.92 Å². The highest BCUT2D eigenvalue weighted by molar-refractivity contribution is 7.09. The van der Waals surface area contributed by atoms with Gasteiger partial charge in [-0.15, -0.1) is 11.3 Å². The van der Waals surface area contributed by atoms with Gasteiger partial charge in [0, 0.05) is 30.6 Å². The molecule has 1 heterocycles. The van der Waals surface area contributed by atoms with E-state index in [1.54, 1.807) is 18.4 Å². The van der Waals surface area contributed by atoms with Gasteiger partial charge in [-0.1, -0.05) is 0 Å². The van der Waals surface area contributed by atoms with Crippen molar-refractivity contribution in [2.75, 3.05) is 33.4 Å². The molecule has 0 saturated heterocycles. The van der Waals surface area contributed by atoms with E-state index in [0.29, 0.717) is 13.2 Å². The van der Waals surface area contributed by atoms with Gasteiger partial charge in [0.05, 0.1) is 18.7 Å². The number of nitrogens with one attached hydrogen (secondary N) is 2. The molecular formula is C19H28N4O2S. The molecule has 0 radical (unpaired) electrons. The Bertz CT molecular complexity index is 670. The van der Waals surface area contributed by atoms with Gasteiger partial charge < -0.3 is 20.1 Å². The number of guanidine groups is 1. The maximum Gasteiger partial charge on any atom is 0.191 e. The maximum atomic E-state index is 5.71. The predicted molar refractivity (Wildman–Crippen MR) is 108 cm³/mol. The predicted octanol–water partition coefficient (Wildman–Crippen LogP) is 3.03. The van der Waals surface area contributed by atoms with Crippen LogP contribution in [0.1, 0.15) is 24.0 Å². The average molecular weight is 377 g/mol. The molecule has 7 heteroatoms. The lowest BCUT2D eigenvalue weighted by molar-refractivity contribution is 0.321. The number of ether oxygens (including phenoxy) is 2. The van der Waals surface area contributed by atoms with Gasteiger partial charge in [0.2, 0.25) is 0 Å². The Morgan fingerprint density at radius 2 is 1.96 bits per heavy atom. The summed E-state index contributed by atoms with van der Waals surface area (Å²) in [5.74, 6) is 2.47. The molecule has 142 valence electrons. The smallest absolute Gasteiger partial charge is 0.191 e. The van der Waals surface area contributed by atoms with Crippen LogP contribution in [0.25, 0.3) is 0 Å². The average Bonchev–Trinajstić information content (AvgIpc) is 3.07. The van der Waals surface area contributed by atoms with Crippen molar-refractivity contribution >= 4 is 17.3 Å². The zero-order valence-corrected chi connectivity index (χ0v) is 16.6. The molecule has 0 spiro atoms. The Balaban J connectivity index is 1.67. The SMILES string of the molecule is CCNC(=NCCCc1nc(C)cs1)NCCOc1ccc(OC)cc1. The summed E-state index contributed by atoms with van der Waals surface area (Å²) in [6, 6.07) is 7.58. The molecule has 0 fully saturated rings.